The first-order valence-corrected chi connectivity index (χ1v) is 11.2. The highest BCUT2D eigenvalue weighted by Crippen LogP contribution is 2.23. The van der Waals surface area contributed by atoms with Crippen LogP contribution < -0.4 is 10.7 Å². The fourth-order valence-corrected chi connectivity index (χ4v) is 3.73. The molecule has 0 saturated heterocycles. The topological polar surface area (TPSA) is 84.2 Å². The molecule has 0 aliphatic carbocycles. The van der Waals surface area contributed by atoms with Gasteiger partial charge in [-0.05, 0) is 55.8 Å². The van der Waals surface area contributed by atoms with Gasteiger partial charge in [0.25, 0.3) is 5.91 Å². The average molecular weight is 505 g/mol. The number of amides is 1. The number of carbonyl (C=O) groups excluding carboxylic acids is 1. The Kier molecular flexibility index (Phi) is 7.80. The zero-order valence-electron chi connectivity index (χ0n) is 17.3. The summed E-state index contributed by atoms with van der Waals surface area (Å²) in [5.74, 6) is 0.315. The quantitative estimate of drug-likeness (QED) is 0.267. The van der Waals surface area contributed by atoms with Crippen molar-refractivity contribution in [3.63, 3.8) is 0 Å². The molecule has 0 aliphatic heterocycles. The molecule has 7 nitrogen and oxygen atoms in total. The molecule has 0 aliphatic rings. The number of hydrogen-bond acceptors (Lipinski definition) is 6. The number of hydrazone groups is 1. The van der Waals surface area contributed by atoms with Crippen molar-refractivity contribution in [2.75, 3.05) is 11.1 Å². The zero-order chi connectivity index (χ0) is 22.4. The first kappa shape index (κ1) is 23.0. The summed E-state index contributed by atoms with van der Waals surface area (Å²) in [6.07, 6.45) is 0. The second kappa shape index (κ2) is 10.5. The minimum Gasteiger partial charge on any atom is -0.375 e. The summed E-state index contributed by atoms with van der Waals surface area (Å²) in [5, 5.41) is 16.5. The summed E-state index contributed by atoms with van der Waals surface area (Å²) in [5.41, 5.74) is 4.81. The molecule has 3 aromatic rings. The van der Waals surface area contributed by atoms with Gasteiger partial charge in [-0.25, -0.2) is 9.82 Å². The molecular weight excluding hydrogens is 483 g/mol. The lowest BCUT2D eigenvalue weighted by molar-refractivity contribution is -0.118. The number of rotatable bonds is 8. The summed E-state index contributed by atoms with van der Waals surface area (Å²) in [6.45, 7) is 3.75. The van der Waals surface area contributed by atoms with Crippen molar-refractivity contribution >= 4 is 45.0 Å². The van der Waals surface area contributed by atoms with E-state index in [9.17, 15) is 9.18 Å². The lowest BCUT2D eigenvalue weighted by Gasteiger charge is -2.14. The molecule has 31 heavy (non-hydrogen) atoms. The van der Waals surface area contributed by atoms with E-state index in [0.717, 1.165) is 21.5 Å². The molecule has 162 valence electrons. The van der Waals surface area contributed by atoms with Gasteiger partial charge in [0.15, 0.2) is 11.0 Å². The molecule has 2 aromatic carbocycles. The van der Waals surface area contributed by atoms with Gasteiger partial charge in [-0.2, -0.15) is 5.10 Å². The molecule has 0 spiro atoms. The van der Waals surface area contributed by atoms with Crippen LogP contribution in [0.25, 0.3) is 0 Å². The maximum atomic E-state index is 13.0. The monoisotopic (exact) mass is 504 g/mol. The maximum Gasteiger partial charge on any atom is 0.250 e. The highest BCUT2D eigenvalue weighted by Gasteiger charge is 2.16. The Balaban J connectivity index is 1.54. The molecule has 1 atom stereocenters. The molecule has 0 radical (unpaired) electrons. The number of carbonyl (C=O) groups is 1. The third kappa shape index (κ3) is 6.38. The number of anilines is 1. The summed E-state index contributed by atoms with van der Waals surface area (Å²) >= 11 is 4.70. The molecule has 3 rings (SSSR count). The van der Waals surface area contributed by atoms with E-state index in [1.807, 2.05) is 42.8 Å². The lowest BCUT2D eigenvalue weighted by Crippen LogP contribution is -2.21. The van der Waals surface area contributed by atoms with Crippen LogP contribution in [0, 0.1) is 5.82 Å². The van der Waals surface area contributed by atoms with E-state index in [4.69, 9.17) is 0 Å². The molecule has 0 unspecified atom stereocenters. The fraction of sp³-hybridized carbons (Fsp3) is 0.238. The molecule has 2 N–H and O–H groups in total. The number of halogens is 2. The first-order valence-electron chi connectivity index (χ1n) is 9.46. The normalized spacial score (nSPS) is 12.5. The Morgan fingerprint density at radius 2 is 1.87 bits per heavy atom. The second-order valence-electron chi connectivity index (χ2n) is 6.80. The fourth-order valence-electron chi connectivity index (χ4n) is 2.75. The van der Waals surface area contributed by atoms with Crippen molar-refractivity contribution in [2.24, 2.45) is 12.1 Å². The average Bonchev–Trinajstić information content (AvgIpc) is 3.13. The van der Waals surface area contributed by atoms with Gasteiger partial charge in [0.2, 0.25) is 0 Å². The number of nitrogens with zero attached hydrogens (tertiary/aromatic N) is 4. The van der Waals surface area contributed by atoms with Gasteiger partial charge in [0.05, 0.1) is 17.5 Å². The van der Waals surface area contributed by atoms with Crippen molar-refractivity contribution in [1.82, 2.24) is 20.2 Å². The number of benzene rings is 2. The Bertz CT molecular complexity index is 1070. The number of hydrogen-bond donors (Lipinski definition) is 2. The van der Waals surface area contributed by atoms with Gasteiger partial charge in [-0.1, -0.05) is 39.8 Å². The highest BCUT2D eigenvalue weighted by atomic mass is 79.9. The predicted octanol–water partition coefficient (Wildman–Crippen LogP) is 4.52. The van der Waals surface area contributed by atoms with Gasteiger partial charge >= 0.3 is 0 Å². The molecule has 0 bridgehead atoms. The molecule has 1 aromatic heterocycles. The second-order valence-corrected chi connectivity index (χ2v) is 8.66. The highest BCUT2D eigenvalue weighted by molar-refractivity contribution is 9.10. The van der Waals surface area contributed by atoms with Crippen LogP contribution in [0.5, 0.6) is 0 Å². The molecule has 1 amide bonds. The van der Waals surface area contributed by atoms with E-state index in [-0.39, 0.29) is 23.5 Å². The van der Waals surface area contributed by atoms with Gasteiger partial charge in [-0.3, -0.25) is 4.79 Å². The van der Waals surface area contributed by atoms with Crippen LogP contribution in [0.15, 0.2) is 63.3 Å². The van der Waals surface area contributed by atoms with Crippen LogP contribution in [0.4, 0.5) is 10.1 Å². The SMILES string of the molecule is CC(=NNC(=O)CSc1nnc([C@H](C)Nc2ccc(Br)cc2)n1C)c1ccc(F)cc1. The third-order valence-corrected chi connectivity index (χ3v) is 5.97. The Hall–Kier alpha value is -2.72. The maximum absolute atomic E-state index is 13.0. The van der Waals surface area contributed by atoms with Gasteiger partial charge in [0.1, 0.15) is 5.82 Å². The van der Waals surface area contributed by atoms with E-state index in [1.54, 1.807) is 19.1 Å². The van der Waals surface area contributed by atoms with Crippen molar-refractivity contribution < 1.29 is 9.18 Å². The third-order valence-electron chi connectivity index (χ3n) is 4.43. The molecule has 1 heterocycles. The zero-order valence-corrected chi connectivity index (χ0v) is 19.7. The Morgan fingerprint density at radius 1 is 1.19 bits per heavy atom. The minimum absolute atomic E-state index is 0.0650. The van der Waals surface area contributed by atoms with Gasteiger partial charge in [-0.15, -0.1) is 10.2 Å². The van der Waals surface area contributed by atoms with Crippen molar-refractivity contribution in [1.29, 1.82) is 0 Å². The number of thioether (sulfide) groups is 1. The summed E-state index contributed by atoms with van der Waals surface area (Å²) < 4.78 is 15.9. The minimum atomic E-state index is -0.318. The lowest BCUT2D eigenvalue weighted by atomic mass is 10.1. The van der Waals surface area contributed by atoms with E-state index >= 15 is 0 Å². The molecule has 0 saturated carbocycles. The summed E-state index contributed by atoms with van der Waals surface area (Å²) in [4.78, 5) is 12.2. The number of aromatic nitrogens is 3. The Labute approximate surface area is 192 Å². The van der Waals surface area contributed by atoms with E-state index in [2.05, 4.69) is 42.0 Å². The van der Waals surface area contributed by atoms with Crippen LogP contribution in [0.3, 0.4) is 0 Å². The van der Waals surface area contributed by atoms with Crippen molar-refractivity contribution in [2.45, 2.75) is 25.0 Å². The van der Waals surface area contributed by atoms with E-state index in [1.165, 1.54) is 23.9 Å². The van der Waals surface area contributed by atoms with Gasteiger partial charge in [0, 0.05) is 17.2 Å². The summed E-state index contributed by atoms with van der Waals surface area (Å²) in [7, 11) is 1.87. The first-order chi connectivity index (χ1) is 14.8. The van der Waals surface area contributed by atoms with Crippen LogP contribution in [-0.2, 0) is 11.8 Å². The van der Waals surface area contributed by atoms with Crippen LogP contribution in [0.2, 0.25) is 0 Å². The molecular formula is C21H22BrFN6OS. The molecule has 0 fully saturated rings. The van der Waals surface area contributed by atoms with Gasteiger partial charge < -0.3 is 9.88 Å². The smallest absolute Gasteiger partial charge is 0.250 e. The van der Waals surface area contributed by atoms with Crippen LogP contribution in [0.1, 0.15) is 31.3 Å². The Morgan fingerprint density at radius 3 is 2.55 bits per heavy atom. The van der Waals surface area contributed by atoms with E-state index in [0.29, 0.717) is 10.9 Å². The predicted molar refractivity (Wildman–Crippen MR) is 125 cm³/mol. The van der Waals surface area contributed by atoms with Crippen LogP contribution in [-0.4, -0.2) is 32.1 Å². The van der Waals surface area contributed by atoms with Crippen LogP contribution >= 0.6 is 27.7 Å². The number of nitrogens with one attached hydrogen (secondary N) is 2. The summed E-state index contributed by atoms with van der Waals surface area (Å²) in [6, 6.07) is 13.7. The molecule has 10 heteroatoms. The standard InChI is InChI=1S/C21H22BrFN6OS/c1-13(15-4-8-17(23)9-5-15)25-26-19(30)12-31-21-28-27-20(29(21)3)14(2)24-18-10-6-16(22)7-11-18/h4-11,14,24H,12H2,1-3H3,(H,26,30)/t14-/m0/s1. The van der Waals surface area contributed by atoms with E-state index < -0.39 is 0 Å². The van der Waals surface area contributed by atoms with Crippen molar-refractivity contribution in [3.8, 4) is 0 Å². The largest absolute Gasteiger partial charge is 0.375 e. The van der Waals surface area contributed by atoms with Crippen molar-refractivity contribution in [3.05, 3.63) is 70.2 Å².